The molecule has 4 rings (SSSR count). The molecule has 148 valence electrons. The van der Waals surface area contributed by atoms with Crippen molar-refractivity contribution < 1.29 is 9.90 Å². The average Bonchev–Trinajstić information content (AvgIpc) is 2.74. The predicted octanol–water partition coefficient (Wildman–Crippen LogP) is 3.80. The minimum atomic E-state index is -0.0410. The van der Waals surface area contributed by atoms with Gasteiger partial charge in [-0.3, -0.25) is 4.79 Å². The van der Waals surface area contributed by atoms with Gasteiger partial charge < -0.3 is 14.9 Å². The fourth-order valence-electron chi connectivity index (χ4n) is 3.73. The third-order valence-electron chi connectivity index (χ3n) is 5.27. The van der Waals surface area contributed by atoms with Crippen LogP contribution < -0.4 is 4.90 Å². The van der Waals surface area contributed by atoms with Crippen molar-refractivity contribution in [2.75, 3.05) is 31.1 Å². The molecule has 1 N–H and O–H groups in total. The number of aryl methyl sites for hydroxylation is 1. The van der Waals surface area contributed by atoms with E-state index in [1.165, 1.54) is 6.08 Å². The molecule has 1 aromatic heterocycles. The third-order valence-corrected chi connectivity index (χ3v) is 5.60. The summed E-state index contributed by atoms with van der Waals surface area (Å²) in [6.45, 7) is 8.23. The van der Waals surface area contributed by atoms with Gasteiger partial charge in [-0.25, -0.2) is 9.97 Å². The summed E-state index contributed by atoms with van der Waals surface area (Å²) in [4.78, 5) is 24.8. The van der Waals surface area contributed by atoms with E-state index in [1.54, 1.807) is 29.4 Å². The van der Waals surface area contributed by atoms with Crippen molar-refractivity contribution in [3.8, 4) is 16.9 Å². The van der Waals surface area contributed by atoms with Gasteiger partial charge in [-0.15, -0.1) is 0 Å². The number of halogens is 1. The minimum Gasteiger partial charge on any atom is -0.508 e. The number of anilines is 1. The molecule has 1 amide bonds. The van der Waals surface area contributed by atoms with Crippen LogP contribution in [0.3, 0.4) is 0 Å². The molecule has 3 aromatic rings. The van der Waals surface area contributed by atoms with Gasteiger partial charge in [0.2, 0.25) is 5.91 Å². The molecule has 2 aromatic carbocycles. The Hall–Kier alpha value is -3.12. The largest absolute Gasteiger partial charge is 0.508 e. The first-order chi connectivity index (χ1) is 14.0. The quantitative estimate of drug-likeness (QED) is 0.667. The van der Waals surface area contributed by atoms with Gasteiger partial charge in [0, 0.05) is 42.2 Å². The molecular formula is C22H21ClN4O2. The highest BCUT2D eigenvalue weighted by Gasteiger charge is 2.22. The second-order valence-electron chi connectivity index (χ2n) is 7.06. The Kier molecular flexibility index (Phi) is 5.11. The van der Waals surface area contributed by atoms with Gasteiger partial charge in [0.15, 0.2) is 0 Å². The molecule has 0 saturated carbocycles. The third kappa shape index (κ3) is 3.63. The van der Waals surface area contributed by atoms with E-state index < -0.39 is 0 Å². The fourth-order valence-corrected chi connectivity index (χ4v) is 3.95. The molecule has 0 radical (unpaired) electrons. The molecule has 1 saturated heterocycles. The maximum absolute atomic E-state index is 11.8. The van der Waals surface area contributed by atoms with E-state index in [0.29, 0.717) is 31.2 Å². The Bertz CT molecular complexity index is 1110. The highest BCUT2D eigenvalue weighted by molar-refractivity contribution is 6.33. The highest BCUT2D eigenvalue weighted by atomic mass is 35.5. The van der Waals surface area contributed by atoms with E-state index in [-0.39, 0.29) is 11.7 Å². The summed E-state index contributed by atoms with van der Waals surface area (Å²) in [7, 11) is 0. The number of hydrogen-bond donors (Lipinski definition) is 1. The molecule has 0 spiro atoms. The standard InChI is InChI=1S/C22H21ClN4O2/c1-3-21(29)26-6-8-27(9-7-26)22-18-10-14(2)16(12-20(18)24-13-25-22)17-11-15(28)4-5-19(17)23/h3-5,10-13,28H,1,6-9H2,2H3. The van der Waals surface area contributed by atoms with Crippen LogP contribution in [0.15, 0.2) is 49.3 Å². The van der Waals surface area contributed by atoms with E-state index in [4.69, 9.17) is 11.6 Å². The normalized spacial score (nSPS) is 14.3. The van der Waals surface area contributed by atoms with E-state index in [2.05, 4.69) is 27.5 Å². The lowest BCUT2D eigenvalue weighted by atomic mass is 9.98. The van der Waals surface area contributed by atoms with Gasteiger partial charge in [-0.1, -0.05) is 18.2 Å². The zero-order valence-electron chi connectivity index (χ0n) is 16.1. The van der Waals surface area contributed by atoms with Gasteiger partial charge in [-0.05, 0) is 54.5 Å². The Morgan fingerprint density at radius 1 is 1.14 bits per heavy atom. The number of carbonyl (C=O) groups is 1. The molecule has 29 heavy (non-hydrogen) atoms. The summed E-state index contributed by atoms with van der Waals surface area (Å²) in [6.07, 6.45) is 2.91. The van der Waals surface area contributed by atoms with Crippen LogP contribution in [0, 0.1) is 6.92 Å². The van der Waals surface area contributed by atoms with Crippen LogP contribution >= 0.6 is 11.6 Å². The lowest BCUT2D eigenvalue weighted by Gasteiger charge is -2.35. The van der Waals surface area contributed by atoms with E-state index in [0.717, 1.165) is 33.4 Å². The number of phenolic OH excluding ortho intramolecular Hbond substituents is 1. The number of aromatic nitrogens is 2. The first-order valence-electron chi connectivity index (χ1n) is 9.38. The Morgan fingerprint density at radius 3 is 2.62 bits per heavy atom. The van der Waals surface area contributed by atoms with Crippen molar-refractivity contribution in [2.45, 2.75) is 6.92 Å². The van der Waals surface area contributed by atoms with Crippen LogP contribution in [0.1, 0.15) is 5.56 Å². The van der Waals surface area contributed by atoms with Crippen LogP contribution in [-0.2, 0) is 4.79 Å². The molecule has 0 bridgehead atoms. The zero-order valence-corrected chi connectivity index (χ0v) is 16.9. The second kappa shape index (κ2) is 7.72. The predicted molar refractivity (Wildman–Crippen MR) is 115 cm³/mol. The summed E-state index contributed by atoms with van der Waals surface area (Å²) in [5.74, 6) is 0.984. The van der Waals surface area contributed by atoms with E-state index >= 15 is 0 Å². The number of benzene rings is 2. The van der Waals surface area contributed by atoms with Crippen molar-refractivity contribution in [2.24, 2.45) is 0 Å². The minimum absolute atomic E-state index is 0.0410. The summed E-state index contributed by atoms with van der Waals surface area (Å²) >= 11 is 6.37. The van der Waals surface area contributed by atoms with Crippen molar-refractivity contribution in [1.82, 2.24) is 14.9 Å². The summed E-state index contributed by atoms with van der Waals surface area (Å²) in [5.41, 5.74) is 3.51. The maximum Gasteiger partial charge on any atom is 0.246 e. The van der Waals surface area contributed by atoms with E-state index in [1.807, 2.05) is 13.0 Å². The summed E-state index contributed by atoms with van der Waals surface area (Å²) in [5, 5.41) is 11.4. The second-order valence-corrected chi connectivity index (χ2v) is 7.47. The molecule has 2 heterocycles. The first kappa shape index (κ1) is 19.2. The van der Waals surface area contributed by atoms with E-state index in [9.17, 15) is 9.90 Å². The number of nitrogens with zero attached hydrogens (tertiary/aromatic N) is 4. The van der Waals surface area contributed by atoms with Crippen LogP contribution in [-0.4, -0.2) is 52.1 Å². The smallest absolute Gasteiger partial charge is 0.246 e. The number of rotatable bonds is 3. The van der Waals surface area contributed by atoms with Crippen molar-refractivity contribution in [1.29, 1.82) is 0 Å². The van der Waals surface area contributed by atoms with Gasteiger partial charge in [-0.2, -0.15) is 0 Å². The Balaban J connectivity index is 1.72. The summed E-state index contributed by atoms with van der Waals surface area (Å²) in [6, 6.07) is 8.95. The van der Waals surface area contributed by atoms with Crippen LogP contribution in [0.2, 0.25) is 5.02 Å². The van der Waals surface area contributed by atoms with Crippen LogP contribution in [0.25, 0.3) is 22.0 Å². The van der Waals surface area contributed by atoms with Gasteiger partial charge in [0.25, 0.3) is 0 Å². The Morgan fingerprint density at radius 2 is 1.90 bits per heavy atom. The van der Waals surface area contributed by atoms with Crippen molar-refractivity contribution in [3.63, 3.8) is 0 Å². The van der Waals surface area contributed by atoms with Crippen molar-refractivity contribution in [3.05, 3.63) is 59.9 Å². The first-order valence-corrected chi connectivity index (χ1v) is 9.76. The Labute approximate surface area is 174 Å². The SMILES string of the molecule is C=CC(=O)N1CCN(c2ncnc3cc(-c4cc(O)ccc4Cl)c(C)cc23)CC1. The average molecular weight is 409 g/mol. The molecule has 1 aliphatic rings. The van der Waals surface area contributed by atoms with Gasteiger partial charge in [0.05, 0.1) is 5.52 Å². The molecule has 0 atom stereocenters. The van der Waals surface area contributed by atoms with Crippen LogP contribution in [0.5, 0.6) is 5.75 Å². The molecule has 7 heteroatoms. The topological polar surface area (TPSA) is 69.6 Å². The molecule has 1 fully saturated rings. The molecular weight excluding hydrogens is 388 g/mol. The lowest BCUT2D eigenvalue weighted by Crippen LogP contribution is -2.48. The summed E-state index contributed by atoms with van der Waals surface area (Å²) < 4.78 is 0. The number of piperazine rings is 1. The highest BCUT2D eigenvalue weighted by Crippen LogP contribution is 2.36. The number of carbonyl (C=O) groups excluding carboxylic acids is 1. The van der Waals surface area contributed by atoms with Crippen molar-refractivity contribution >= 4 is 34.2 Å². The number of aromatic hydroxyl groups is 1. The molecule has 0 aliphatic carbocycles. The lowest BCUT2D eigenvalue weighted by molar-refractivity contribution is -0.126. The number of hydrogen-bond acceptors (Lipinski definition) is 5. The molecule has 1 aliphatic heterocycles. The number of phenols is 1. The molecule has 6 nitrogen and oxygen atoms in total. The van der Waals surface area contributed by atoms with Gasteiger partial charge >= 0.3 is 0 Å². The fraction of sp³-hybridized carbons (Fsp3) is 0.227. The van der Waals surface area contributed by atoms with Gasteiger partial charge in [0.1, 0.15) is 17.9 Å². The maximum atomic E-state index is 11.8. The number of amides is 1. The number of fused-ring (bicyclic) bond motifs is 1. The molecule has 0 unspecified atom stereocenters. The van der Waals surface area contributed by atoms with Crippen LogP contribution in [0.4, 0.5) is 5.82 Å². The monoisotopic (exact) mass is 408 g/mol. The zero-order chi connectivity index (χ0) is 20.5.